The van der Waals surface area contributed by atoms with Crippen LogP contribution in [0.2, 0.25) is 0 Å². The van der Waals surface area contributed by atoms with Gasteiger partial charge in [0.25, 0.3) is 0 Å². The first-order chi connectivity index (χ1) is 9.22. The lowest BCUT2D eigenvalue weighted by molar-refractivity contribution is 0.397. The number of nitrogens with zero attached hydrogens (tertiary/aromatic N) is 3. The number of hydrogen-bond acceptors (Lipinski definition) is 5. The number of aromatic nitrogens is 3. The summed E-state index contributed by atoms with van der Waals surface area (Å²) in [5.41, 5.74) is 1.05. The van der Waals surface area contributed by atoms with E-state index < -0.39 is 0 Å². The first-order valence-corrected chi connectivity index (χ1v) is 6.76. The Bertz CT molecular complexity index is 545. The van der Waals surface area contributed by atoms with Gasteiger partial charge in [0.1, 0.15) is 11.6 Å². The molecule has 2 heterocycles. The molecule has 19 heavy (non-hydrogen) atoms. The van der Waals surface area contributed by atoms with Crippen molar-refractivity contribution in [1.29, 1.82) is 0 Å². The van der Waals surface area contributed by atoms with E-state index in [2.05, 4.69) is 36.2 Å². The molecular formula is C13H15BrN4O. The second-order valence-corrected chi connectivity index (χ2v) is 4.75. The summed E-state index contributed by atoms with van der Waals surface area (Å²) in [5, 5.41) is 3.19. The first-order valence-electron chi connectivity index (χ1n) is 5.97. The third kappa shape index (κ3) is 3.64. The standard InChI is InChI=1S/C13H15BrN4O/c1-3-15-13-10(14)8-16-11(18-13)6-9-4-5-12(19-2)17-7-9/h4-5,7-8H,3,6H2,1-2H3,(H,15,16,18). The van der Waals surface area contributed by atoms with Crippen LogP contribution in [0.25, 0.3) is 0 Å². The average molecular weight is 323 g/mol. The SMILES string of the molecule is CCNc1nc(Cc2ccc(OC)nc2)ncc1Br. The van der Waals surface area contributed by atoms with E-state index in [9.17, 15) is 0 Å². The first kappa shape index (κ1) is 13.7. The fraction of sp³-hybridized carbons (Fsp3) is 0.308. The van der Waals surface area contributed by atoms with Gasteiger partial charge in [0.2, 0.25) is 5.88 Å². The van der Waals surface area contributed by atoms with Crippen LogP contribution in [0.4, 0.5) is 5.82 Å². The van der Waals surface area contributed by atoms with Gasteiger partial charge in [-0.1, -0.05) is 6.07 Å². The van der Waals surface area contributed by atoms with Crippen LogP contribution in [0.15, 0.2) is 29.0 Å². The van der Waals surface area contributed by atoms with Gasteiger partial charge in [0.05, 0.1) is 11.6 Å². The maximum absolute atomic E-state index is 5.03. The Kier molecular flexibility index (Phi) is 4.68. The maximum atomic E-state index is 5.03. The highest BCUT2D eigenvalue weighted by molar-refractivity contribution is 9.10. The Morgan fingerprint density at radius 2 is 2.11 bits per heavy atom. The summed E-state index contributed by atoms with van der Waals surface area (Å²) in [6.45, 7) is 2.85. The van der Waals surface area contributed by atoms with Gasteiger partial charge in [-0.15, -0.1) is 0 Å². The van der Waals surface area contributed by atoms with Crippen molar-refractivity contribution in [3.63, 3.8) is 0 Å². The van der Waals surface area contributed by atoms with E-state index in [0.717, 1.165) is 28.2 Å². The number of hydrogen-bond donors (Lipinski definition) is 1. The Balaban J connectivity index is 2.15. The Labute approximate surface area is 120 Å². The number of anilines is 1. The zero-order valence-corrected chi connectivity index (χ0v) is 12.4. The quantitative estimate of drug-likeness (QED) is 0.917. The molecule has 2 aromatic heterocycles. The molecule has 0 unspecified atom stereocenters. The fourth-order valence-electron chi connectivity index (χ4n) is 1.60. The van der Waals surface area contributed by atoms with E-state index in [-0.39, 0.29) is 0 Å². The van der Waals surface area contributed by atoms with Crippen LogP contribution in [0.3, 0.4) is 0 Å². The number of pyridine rings is 1. The number of methoxy groups -OCH3 is 1. The molecule has 0 bridgehead atoms. The second kappa shape index (κ2) is 6.47. The van der Waals surface area contributed by atoms with Gasteiger partial charge >= 0.3 is 0 Å². The van der Waals surface area contributed by atoms with Crippen molar-refractivity contribution < 1.29 is 4.74 Å². The number of halogens is 1. The number of ether oxygens (including phenoxy) is 1. The van der Waals surface area contributed by atoms with Gasteiger partial charge < -0.3 is 10.1 Å². The van der Waals surface area contributed by atoms with Crippen molar-refractivity contribution >= 4 is 21.7 Å². The Hall–Kier alpha value is -1.69. The lowest BCUT2D eigenvalue weighted by Gasteiger charge is -2.07. The minimum atomic E-state index is 0.605. The third-order valence-corrected chi connectivity index (χ3v) is 3.09. The summed E-state index contributed by atoms with van der Waals surface area (Å²) >= 11 is 3.42. The molecule has 0 amide bonds. The molecule has 0 radical (unpaired) electrons. The molecule has 0 aliphatic heterocycles. The molecule has 0 saturated carbocycles. The maximum Gasteiger partial charge on any atom is 0.212 e. The van der Waals surface area contributed by atoms with Gasteiger partial charge in [0, 0.05) is 31.4 Å². The highest BCUT2D eigenvalue weighted by Crippen LogP contribution is 2.19. The molecule has 0 aliphatic carbocycles. The summed E-state index contributed by atoms with van der Waals surface area (Å²) < 4.78 is 5.89. The molecule has 0 saturated heterocycles. The Morgan fingerprint density at radius 3 is 2.74 bits per heavy atom. The zero-order valence-electron chi connectivity index (χ0n) is 10.9. The second-order valence-electron chi connectivity index (χ2n) is 3.90. The summed E-state index contributed by atoms with van der Waals surface area (Å²) in [6.07, 6.45) is 4.18. The van der Waals surface area contributed by atoms with Crippen LogP contribution in [0, 0.1) is 0 Å². The fourth-order valence-corrected chi connectivity index (χ4v) is 1.93. The summed E-state index contributed by atoms with van der Waals surface area (Å²) in [7, 11) is 1.60. The van der Waals surface area contributed by atoms with E-state index in [1.54, 1.807) is 19.5 Å². The van der Waals surface area contributed by atoms with Crippen LogP contribution in [-0.4, -0.2) is 28.6 Å². The summed E-state index contributed by atoms with van der Waals surface area (Å²) in [5.74, 6) is 2.17. The van der Waals surface area contributed by atoms with Gasteiger partial charge in [-0.2, -0.15) is 0 Å². The molecule has 0 fully saturated rings. The number of nitrogens with one attached hydrogen (secondary N) is 1. The van der Waals surface area contributed by atoms with Crippen LogP contribution in [0.5, 0.6) is 5.88 Å². The van der Waals surface area contributed by atoms with Crippen molar-refractivity contribution in [2.75, 3.05) is 19.0 Å². The molecule has 1 N–H and O–H groups in total. The predicted molar refractivity (Wildman–Crippen MR) is 77.5 cm³/mol. The van der Waals surface area contributed by atoms with Crippen LogP contribution < -0.4 is 10.1 Å². The van der Waals surface area contributed by atoms with Crippen LogP contribution in [0.1, 0.15) is 18.3 Å². The third-order valence-electron chi connectivity index (χ3n) is 2.51. The molecule has 0 aromatic carbocycles. The molecule has 2 rings (SSSR count). The molecule has 0 spiro atoms. The predicted octanol–water partition coefficient (Wildman–Crippen LogP) is 2.67. The van der Waals surface area contributed by atoms with Gasteiger partial charge in [-0.05, 0) is 28.4 Å². The summed E-state index contributed by atoms with van der Waals surface area (Å²) in [4.78, 5) is 12.9. The smallest absolute Gasteiger partial charge is 0.212 e. The van der Waals surface area contributed by atoms with Crippen LogP contribution >= 0.6 is 15.9 Å². The Morgan fingerprint density at radius 1 is 1.26 bits per heavy atom. The molecule has 0 atom stereocenters. The molecule has 0 aliphatic rings. The molecule has 2 aromatic rings. The minimum Gasteiger partial charge on any atom is -0.481 e. The molecule has 100 valence electrons. The highest BCUT2D eigenvalue weighted by Gasteiger charge is 2.05. The topological polar surface area (TPSA) is 59.9 Å². The van der Waals surface area contributed by atoms with E-state index in [1.165, 1.54) is 0 Å². The van der Waals surface area contributed by atoms with Crippen molar-refractivity contribution in [3.05, 3.63) is 40.4 Å². The van der Waals surface area contributed by atoms with Gasteiger partial charge in [-0.3, -0.25) is 0 Å². The normalized spacial score (nSPS) is 10.3. The van der Waals surface area contributed by atoms with E-state index in [4.69, 9.17) is 4.74 Å². The monoisotopic (exact) mass is 322 g/mol. The number of rotatable bonds is 5. The zero-order chi connectivity index (χ0) is 13.7. The highest BCUT2D eigenvalue weighted by atomic mass is 79.9. The van der Waals surface area contributed by atoms with Crippen molar-refractivity contribution in [2.45, 2.75) is 13.3 Å². The molecule has 5 nitrogen and oxygen atoms in total. The lowest BCUT2D eigenvalue weighted by atomic mass is 10.2. The van der Waals surface area contributed by atoms with E-state index in [1.807, 2.05) is 19.1 Å². The van der Waals surface area contributed by atoms with Crippen molar-refractivity contribution in [1.82, 2.24) is 15.0 Å². The van der Waals surface area contributed by atoms with Gasteiger partial charge in [-0.25, -0.2) is 15.0 Å². The van der Waals surface area contributed by atoms with Gasteiger partial charge in [0.15, 0.2) is 0 Å². The van der Waals surface area contributed by atoms with E-state index >= 15 is 0 Å². The largest absolute Gasteiger partial charge is 0.481 e. The van der Waals surface area contributed by atoms with Crippen LogP contribution in [-0.2, 0) is 6.42 Å². The van der Waals surface area contributed by atoms with Crippen molar-refractivity contribution in [2.24, 2.45) is 0 Å². The van der Waals surface area contributed by atoms with Crippen molar-refractivity contribution in [3.8, 4) is 5.88 Å². The summed E-state index contributed by atoms with van der Waals surface area (Å²) in [6, 6.07) is 3.80. The van der Waals surface area contributed by atoms with E-state index in [0.29, 0.717) is 12.3 Å². The lowest BCUT2D eigenvalue weighted by Crippen LogP contribution is -2.05. The molecular weight excluding hydrogens is 308 g/mol. The average Bonchev–Trinajstić information content (AvgIpc) is 2.44. The minimum absolute atomic E-state index is 0.605. The molecule has 6 heteroatoms.